The number of hydrazine groups is 2. The predicted molar refractivity (Wildman–Crippen MR) is 140 cm³/mol. The summed E-state index contributed by atoms with van der Waals surface area (Å²) in [5, 5.41) is 23.1. The lowest BCUT2D eigenvalue weighted by molar-refractivity contribution is -0.384. The third kappa shape index (κ3) is 5.09. The van der Waals surface area contributed by atoms with E-state index < -0.39 is 4.92 Å². The van der Waals surface area contributed by atoms with Gasteiger partial charge in [0.15, 0.2) is 5.84 Å². The van der Waals surface area contributed by atoms with E-state index in [9.17, 15) is 10.1 Å². The standard InChI is InChI=1S/C26H25N7O2S/c1-18-12-19(2)14-23(13-18)32-26(36-17-21-6-4-3-5-7-21)24(15-27-32)25-28-29-30-31(25)16-20-8-10-22(11-9-20)33(34)35/h3-15,29-30H,16-17H2,1-2H3. The maximum Gasteiger partial charge on any atom is 0.269 e. The number of nitro groups is 1. The first kappa shape index (κ1) is 23.6. The molecule has 0 aliphatic carbocycles. The third-order valence-electron chi connectivity index (χ3n) is 5.73. The molecule has 0 atom stereocenters. The molecule has 10 heteroatoms. The molecular weight excluding hydrogens is 474 g/mol. The van der Waals surface area contributed by atoms with E-state index in [4.69, 9.17) is 5.10 Å². The van der Waals surface area contributed by atoms with Crippen molar-refractivity contribution in [3.05, 3.63) is 117 Å². The van der Waals surface area contributed by atoms with Crippen molar-refractivity contribution in [1.82, 2.24) is 25.9 Å². The fourth-order valence-corrected chi connectivity index (χ4v) is 5.16. The summed E-state index contributed by atoms with van der Waals surface area (Å²) < 4.78 is 1.97. The number of nitrogens with one attached hydrogen (secondary N) is 2. The van der Waals surface area contributed by atoms with Crippen LogP contribution < -0.4 is 11.1 Å². The second-order valence-corrected chi connectivity index (χ2v) is 9.53. The molecule has 4 aromatic rings. The molecule has 1 aliphatic heterocycles. The van der Waals surface area contributed by atoms with Gasteiger partial charge in [0.25, 0.3) is 5.69 Å². The molecule has 9 nitrogen and oxygen atoms in total. The highest BCUT2D eigenvalue weighted by Gasteiger charge is 2.26. The van der Waals surface area contributed by atoms with Gasteiger partial charge in [-0.2, -0.15) is 5.10 Å². The molecule has 3 aromatic carbocycles. The number of amidine groups is 1. The molecule has 0 spiro atoms. The zero-order valence-corrected chi connectivity index (χ0v) is 20.7. The molecule has 0 radical (unpaired) electrons. The number of benzene rings is 3. The monoisotopic (exact) mass is 499 g/mol. The Labute approximate surface area is 212 Å². The van der Waals surface area contributed by atoms with Gasteiger partial charge in [0.2, 0.25) is 0 Å². The number of nitrogens with zero attached hydrogens (tertiary/aromatic N) is 5. The van der Waals surface area contributed by atoms with Crippen LogP contribution in [0, 0.1) is 24.0 Å². The summed E-state index contributed by atoms with van der Waals surface area (Å²) in [5.41, 5.74) is 12.3. The Hall–Kier alpha value is -4.15. The highest BCUT2D eigenvalue weighted by molar-refractivity contribution is 7.98. The maximum atomic E-state index is 11.0. The van der Waals surface area contributed by atoms with Gasteiger partial charge >= 0.3 is 0 Å². The van der Waals surface area contributed by atoms with Crippen LogP contribution in [0.4, 0.5) is 5.69 Å². The molecule has 2 N–H and O–H groups in total. The fourth-order valence-electron chi connectivity index (χ4n) is 4.09. The number of non-ortho nitro benzene ring substituents is 1. The molecule has 5 rings (SSSR count). The topological polar surface area (TPSA) is 101 Å². The van der Waals surface area contributed by atoms with Crippen molar-refractivity contribution in [2.45, 2.75) is 31.2 Å². The van der Waals surface area contributed by atoms with Crippen molar-refractivity contribution < 1.29 is 4.92 Å². The van der Waals surface area contributed by atoms with E-state index in [0.717, 1.165) is 27.6 Å². The number of hydrogen-bond acceptors (Lipinski definition) is 8. The SMILES string of the molecule is Cc1cc(C)cc(-n2ncc(C3=NNNN3Cc3ccc([N+](=O)[O-])cc3)c2SCc2ccccc2)c1. The first-order chi connectivity index (χ1) is 17.5. The minimum Gasteiger partial charge on any atom is -0.266 e. The first-order valence-electron chi connectivity index (χ1n) is 11.4. The maximum absolute atomic E-state index is 11.0. The molecule has 182 valence electrons. The van der Waals surface area contributed by atoms with E-state index in [-0.39, 0.29) is 5.69 Å². The number of thioether (sulfide) groups is 1. The highest BCUT2D eigenvalue weighted by atomic mass is 32.2. The smallest absolute Gasteiger partial charge is 0.266 e. The first-order valence-corrected chi connectivity index (χ1v) is 12.4. The summed E-state index contributed by atoms with van der Waals surface area (Å²) in [4.78, 5) is 10.6. The summed E-state index contributed by atoms with van der Waals surface area (Å²) in [5.74, 6) is 1.47. The lowest BCUT2D eigenvalue weighted by Gasteiger charge is -2.19. The third-order valence-corrected chi connectivity index (χ3v) is 6.87. The quantitative estimate of drug-likeness (QED) is 0.203. The number of hydrazone groups is 1. The van der Waals surface area contributed by atoms with Gasteiger partial charge in [-0.3, -0.25) is 15.1 Å². The number of aromatic nitrogens is 2. The summed E-state index contributed by atoms with van der Waals surface area (Å²) in [6.07, 6.45) is 1.83. The Kier molecular flexibility index (Phi) is 6.70. The lowest BCUT2D eigenvalue weighted by Crippen LogP contribution is -2.40. The Balaban J connectivity index is 1.48. The second-order valence-electron chi connectivity index (χ2n) is 8.56. The van der Waals surface area contributed by atoms with Crippen molar-refractivity contribution >= 4 is 23.3 Å². The fraction of sp³-hybridized carbons (Fsp3) is 0.154. The van der Waals surface area contributed by atoms with Crippen LogP contribution in [0.15, 0.2) is 89.1 Å². The van der Waals surface area contributed by atoms with Crippen LogP contribution in [0.25, 0.3) is 5.69 Å². The van der Waals surface area contributed by atoms with Gasteiger partial charge in [-0.05, 0) is 48.2 Å². The molecule has 0 bridgehead atoms. The average molecular weight is 500 g/mol. The van der Waals surface area contributed by atoms with Crippen molar-refractivity contribution in [1.29, 1.82) is 0 Å². The lowest BCUT2D eigenvalue weighted by atomic mass is 10.1. The molecule has 0 amide bonds. The normalized spacial score (nSPS) is 12.9. The molecule has 1 aliphatic rings. The molecule has 0 fully saturated rings. The van der Waals surface area contributed by atoms with Crippen molar-refractivity contribution in [2.75, 3.05) is 0 Å². The molecule has 0 saturated carbocycles. The van der Waals surface area contributed by atoms with E-state index in [2.05, 4.69) is 60.4 Å². The van der Waals surface area contributed by atoms with Crippen LogP contribution >= 0.6 is 11.8 Å². The zero-order valence-electron chi connectivity index (χ0n) is 19.9. The predicted octanol–water partition coefficient (Wildman–Crippen LogP) is 4.88. The second kappa shape index (κ2) is 10.2. The van der Waals surface area contributed by atoms with E-state index in [1.165, 1.54) is 28.8 Å². The van der Waals surface area contributed by atoms with Gasteiger partial charge in [-0.1, -0.05) is 48.5 Å². The van der Waals surface area contributed by atoms with Crippen LogP contribution in [0.1, 0.15) is 27.8 Å². The summed E-state index contributed by atoms with van der Waals surface area (Å²) in [6, 6.07) is 23.2. The van der Waals surface area contributed by atoms with Gasteiger partial charge in [-0.25, -0.2) is 10.2 Å². The molecule has 0 unspecified atom stereocenters. The van der Waals surface area contributed by atoms with Crippen molar-refractivity contribution in [3.8, 4) is 5.69 Å². The van der Waals surface area contributed by atoms with Gasteiger partial charge < -0.3 is 0 Å². The minimum atomic E-state index is -0.399. The van der Waals surface area contributed by atoms with Crippen LogP contribution in [0.3, 0.4) is 0 Å². The Morgan fingerprint density at radius 2 is 1.69 bits per heavy atom. The zero-order chi connectivity index (χ0) is 25.1. The van der Waals surface area contributed by atoms with Gasteiger partial charge in [-0.15, -0.1) is 22.4 Å². The summed E-state index contributed by atoms with van der Waals surface area (Å²) >= 11 is 1.70. The van der Waals surface area contributed by atoms with E-state index in [1.54, 1.807) is 23.9 Å². The van der Waals surface area contributed by atoms with Gasteiger partial charge in [0, 0.05) is 17.9 Å². The van der Waals surface area contributed by atoms with E-state index in [1.807, 2.05) is 34.1 Å². The van der Waals surface area contributed by atoms with Crippen molar-refractivity contribution in [3.63, 3.8) is 0 Å². The average Bonchev–Trinajstić information content (AvgIpc) is 3.49. The van der Waals surface area contributed by atoms with E-state index >= 15 is 0 Å². The molecule has 0 saturated heterocycles. The molecule has 36 heavy (non-hydrogen) atoms. The van der Waals surface area contributed by atoms with Crippen LogP contribution in [-0.2, 0) is 12.3 Å². The molecule has 1 aromatic heterocycles. The number of nitro benzene ring substituents is 1. The Morgan fingerprint density at radius 3 is 2.39 bits per heavy atom. The van der Waals surface area contributed by atoms with Crippen LogP contribution in [0.5, 0.6) is 0 Å². The van der Waals surface area contributed by atoms with Crippen LogP contribution in [-0.4, -0.2) is 25.5 Å². The molecule has 2 heterocycles. The Morgan fingerprint density at radius 1 is 0.972 bits per heavy atom. The highest BCUT2D eigenvalue weighted by Crippen LogP contribution is 2.31. The van der Waals surface area contributed by atoms with Crippen molar-refractivity contribution in [2.24, 2.45) is 5.10 Å². The summed E-state index contributed by atoms with van der Waals surface area (Å²) in [6.45, 7) is 4.62. The van der Waals surface area contributed by atoms with E-state index in [0.29, 0.717) is 12.4 Å². The number of hydrogen-bond donors (Lipinski definition) is 2. The minimum absolute atomic E-state index is 0.0643. The van der Waals surface area contributed by atoms with Gasteiger partial charge in [0.1, 0.15) is 5.03 Å². The Bertz CT molecular complexity index is 1400. The van der Waals surface area contributed by atoms with Gasteiger partial charge in [0.05, 0.1) is 28.9 Å². The van der Waals surface area contributed by atoms with Crippen LogP contribution in [0.2, 0.25) is 0 Å². The molecular formula is C26H25N7O2S. The largest absolute Gasteiger partial charge is 0.269 e. The number of rotatable bonds is 8. The number of aryl methyl sites for hydroxylation is 2. The summed E-state index contributed by atoms with van der Waals surface area (Å²) in [7, 11) is 0.